The predicted octanol–water partition coefficient (Wildman–Crippen LogP) is 4.26. The van der Waals surface area contributed by atoms with Crippen LogP contribution >= 0.6 is 12.8 Å². The van der Waals surface area contributed by atoms with Gasteiger partial charge in [-0.25, -0.2) is 13.9 Å². The molecular weight excluding hydrogens is 404 g/mol. The number of ether oxygens (including phenoxy) is 2. The molecule has 0 saturated heterocycles. The minimum atomic E-state index is -0.644. The maximum atomic E-state index is 12.6. The van der Waals surface area contributed by atoms with Crippen molar-refractivity contribution in [3.05, 3.63) is 59.7 Å². The van der Waals surface area contributed by atoms with E-state index in [9.17, 15) is 14.4 Å². The standard InChI is InChI=1S/C22H26N2O5S/c1-4-5-14-28-21(26)17-10-12-18(13-11-17)24(30)22(27)23(3)20(25)15-29-19-9-7-6-8-16(19)2/h6-13,30H,4-5,14-15H2,1-3H3. The van der Waals surface area contributed by atoms with E-state index in [1.807, 2.05) is 26.0 Å². The van der Waals surface area contributed by atoms with Crippen molar-refractivity contribution in [2.24, 2.45) is 0 Å². The summed E-state index contributed by atoms with van der Waals surface area (Å²) in [5.41, 5.74) is 1.68. The van der Waals surface area contributed by atoms with Crippen LogP contribution in [0.1, 0.15) is 35.7 Å². The molecule has 0 heterocycles. The van der Waals surface area contributed by atoms with E-state index >= 15 is 0 Å². The van der Waals surface area contributed by atoms with Crippen LogP contribution < -0.4 is 9.04 Å². The van der Waals surface area contributed by atoms with E-state index in [0.717, 1.165) is 27.6 Å². The van der Waals surface area contributed by atoms with Crippen LogP contribution in [0.2, 0.25) is 0 Å². The van der Waals surface area contributed by atoms with Crippen LogP contribution in [0.15, 0.2) is 48.5 Å². The second kappa shape index (κ2) is 11.3. The number of likely N-dealkylation sites (N-methyl/N-ethyl adjacent to an activating group) is 1. The Hall–Kier alpha value is -3.00. The Morgan fingerprint density at radius 2 is 1.70 bits per heavy atom. The maximum Gasteiger partial charge on any atom is 0.341 e. The van der Waals surface area contributed by atoms with Gasteiger partial charge in [-0.2, -0.15) is 0 Å². The number of urea groups is 1. The number of carbonyl (C=O) groups is 3. The lowest BCUT2D eigenvalue weighted by Gasteiger charge is -2.22. The first-order valence-corrected chi connectivity index (χ1v) is 10.00. The quantitative estimate of drug-likeness (QED) is 0.385. The van der Waals surface area contributed by atoms with Crippen LogP contribution in [-0.4, -0.2) is 43.1 Å². The number of aryl methyl sites for hydroxylation is 1. The van der Waals surface area contributed by atoms with Crippen molar-refractivity contribution in [1.29, 1.82) is 0 Å². The number of nitrogens with zero attached hydrogens (tertiary/aromatic N) is 2. The van der Waals surface area contributed by atoms with E-state index < -0.39 is 17.9 Å². The van der Waals surface area contributed by atoms with Gasteiger partial charge in [-0.3, -0.25) is 9.69 Å². The number of para-hydroxylation sites is 1. The van der Waals surface area contributed by atoms with Gasteiger partial charge in [0.2, 0.25) is 0 Å². The Kier molecular flexibility index (Phi) is 8.73. The first-order valence-electron chi connectivity index (χ1n) is 9.60. The van der Waals surface area contributed by atoms with E-state index in [2.05, 4.69) is 12.8 Å². The van der Waals surface area contributed by atoms with Crippen molar-refractivity contribution in [3.8, 4) is 5.75 Å². The lowest BCUT2D eigenvalue weighted by Crippen LogP contribution is -2.42. The fraction of sp³-hybridized carbons (Fsp3) is 0.318. The van der Waals surface area contributed by atoms with Gasteiger partial charge in [0, 0.05) is 7.05 Å². The molecule has 0 saturated carbocycles. The molecule has 2 aromatic rings. The highest BCUT2D eigenvalue weighted by atomic mass is 32.1. The van der Waals surface area contributed by atoms with Crippen LogP contribution in [0.25, 0.3) is 0 Å². The van der Waals surface area contributed by atoms with Gasteiger partial charge in [-0.05, 0) is 49.2 Å². The minimum absolute atomic E-state index is 0.281. The second-order valence-electron chi connectivity index (χ2n) is 6.64. The number of unbranched alkanes of at least 4 members (excludes halogenated alkanes) is 1. The Morgan fingerprint density at radius 1 is 1.03 bits per heavy atom. The number of rotatable bonds is 8. The summed E-state index contributed by atoms with van der Waals surface area (Å²) in [5.74, 6) is -0.359. The summed E-state index contributed by atoms with van der Waals surface area (Å²) in [4.78, 5) is 37.8. The molecule has 0 bridgehead atoms. The molecule has 3 amide bonds. The van der Waals surface area contributed by atoms with Gasteiger partial charge in [-0.15, -0.1) is 0 Å². The molecule has 0 atom stereocenters. The zero-order valence-corrected chi connectivity index (χ0v) is 18.2. The van der Waals surface area contributed by atoms with Crippen molar-refractivity contribution >= 4 is 36.4 Å². The lowest BCUT2D eigenvalue weighted by atomic mass is 10.2. The number of thiol groups is 1. The zero-order chi connectivity index (χ0) is 22.1. The average Bonchev–Trinajstić information content (AvgIpc) is 2.77. The summed E-state index contributed by atoms with van der Waals surface area (Å²) < 4.78 is 11.7. The smallest absolute Gasteiger partial charge is 0.341 e. The van der Waals surface area contributed by atoms with E-state index in [1.165, 1.54) is 7.05 Å². The molecular formula is C22H26N2O5S. The fourth-order valence-electron chi connectivity index (χ4n) is 2.45. The van der Waals surface area contributed by atoms with Crippen LogP contribution in [0, 0.1) is 6.92 Å². The summed E-state index contributed by atoms with van der Waals surface area (Å²) >= 11 is 4.19. The van der Waals surface area contributed by atoms with E-state index in [0.29, 0.717) is 23.6 Å². The molecule has 160 valence electrons. The highest BCUT2D eigenvalue weighted by Gasteiger charge is 2.23. The molecule has 0 aliphatic carbocycles. The van der Waals surface area contributed by atoms with E-state index in [4.69, 9.17) is 9.47 Å². The summed E-state index contributed by atoms with van der Waals surface area (Å²) in [7, 11) is 1.36. The van der Waals surface area contributed by atoms with Gasteiger partial charge in [0.05, 0.1) is 17.9 Å². The number of hydrogen-bond acceptors (Lipinski definition) is 6. The number of benzene rings is 2. The van der Waals surface area contributed by atoms with Crippen LogP contribution in [-0.2, 0) is 9.53 Å². The predicted molar refractivity (Wildman–Crippen MR) is 118 cm³/mol. The molecule has 30 heavy (non-hydrogen) atoms. The van der Waals surface area contributed by atoms with Crippen LogP contribution in [0.4, 0.5) is 10.5 Å². The van der Waals surface area contributed by atoms with Gasteiger partial charge in [0.1, 0.15) is 5.75 Å². The minimum Gasteiger partial charge on any atom is -0.483 e. The molecule has 0 fully saturated rings. The molecule has 7 nitrogen and oxygen atoms in total. The van der Waals surface area contributed by atoms with Crippen molar-refractivity contribution < 1.29 is 23.9 Å². The van der Waals surface area contributed by atoms with Crippen LogP contribution in [0.5, 0.6) is 5.75 Å². The monoisotopic (exact) mass is 430 g/mol. The third-order valence-corrected chi connectivity index (χ3v) is 4.77. The number of amides is 3. The van der Waals surface area contributed by atoms with Gasteiger partial charge >= 0.3 is 12.0 Å². The van der Waals surface area contributed by atoms with E-state index in [1.54, 1.807) is 36.4 Å². The Labute approximate surface area is 182 Å². The Balaban J connectivity index is 1.94. The average molecular weight is 431 g/mol. The van der Waals surface area contributed by atoms with Crippen LogP contribution in [0.3, 0.4) is 0 Å². The maximum absolute atomic E-state index is 12.6. The first-order chi connectivity index (χ1) is 14.3. The Bertz CT molecular complexity index is 885. The van der Waals surface area contributed by atoms with Crippen molar-refractivity contribution in [3.63, 3.8) is 0 Å². The molecule has 2 aromatic carbocycles. The van der Waals surface area contributed by atoms with Crippen molar-refractivity contribution in [2.45, 2.75) is 26.7 Å². The van der Waals surface area contributed by atoms with Crippen molar-refractivity contribution in [2.75, 3.05) is 24.6 Å². The topological polar surface area (TPSA) is 76.2 Å². The van der Waals surface area contributed by atoms with Crippen molar-refractivity contribution in [1.82, 2.24) is 4.90 Å². The molecule has 8 heteroatoms. The zero-order valence-electron chi connectivity index (χ0n) is 17.3. The fourth-order valence-corrected chi connectivity index (χ4v) is 2.71. The SMILES string of the molecule is CCCCOC(=O)c1ccc(N(S)C(=O)N(C)C(=O)COc2ccccc2C)cc1. The molecule has 0 N–H and O–H groups in total. The largest absolute Gasteiger partial charge is 0.483 e. The number of hydrogen-bond donors (Lipinski definition) is 1. The van der Waals surface area contributed by atoms with Gasteiger partial charge < -0.3 is 9.47 Å². The molecule has 0 unspecified atom stereocenters. The molecule has 0 aliphatic rings. The normalized spacial score (nSPS) is 10.3. The number of esters is 1. The Morgan fingerprint density at radius 3 is 2.33 bits per heavy atom. The van der Waals surface area contributed by atoms with Gasteiger partial charge in [0.25, 0.3) is 5.91 Å². The second-order valence-corrected chi connectivity index (χ2v) is 7.04. The highest BCUT2D eigenvalue weighted by molar-refractivity contribution is 7.82. The third-order valence-electron chi connectivity index (χ3n) is 4.37. The number of anilines is 1. The third kappa shape index (κ3) is 6.25. The summed E-state index contributed by atoms with van der Waals surface area (Å²) in [6.45, 7) is 3.97. The lowest BCUT2D eigenvalue weighted by molar-refractivity contribution is -0.129. The molecule has 0 radical (unpaired) electrons. The number of carbonyl (C=O) groups excluding carboxylic acids is 3. The molecule has 0 aromatic heterocycles. The van der Waals surface area contributed by atoms with E-state index in [-0.39, 0.29) is 6.61 Å². The molecule has 0 aliphatic heterocycles. The summed E-state index contributed by atoms with van der Waals surface area (Å²) in [6, 6.07) is 12.9. The summed E-state index contributed by atoms with van der Waals surface area (Å²) in [5, 5.41) is 0. The molecule has 0 spiro atoms. The number of imide groups is 1. The molecule has 2 rings (SSSR count). The summed E-state index contributed by atoms with van der Waals surface area (Å²) in [6.07, 6.45) is 1.74. The van der Waals surface area contributed by atoms with Gasteiger partial charge in [-0.1, -0.05) is 44.4 Å². The highest BCUT2D eigenvalue weighted by Crippen LogP contribution is 2.20. The van der Waals surface area contributed by atoms with Gasteiger partial charge in [0.15, 0.2) is 6.61 Å². The first kappa shape index (κ1) is 23.3.